The molecule has 2 heterocycles. The lowest BCUT2D eigenvalue weighted by Crippen LogP contribution is -2.30. The Hall–Kier alpha value is -2.54. The lowest BCUT2D eigenvalue weighted by Gasteiger charge is -2.28. The van der Waals surface area contributed by atoms with Crippen LogP contribution in [0.4, 0.5) is 5.82 Å². The number of H-pyrrole nitrogens is 1. The quantitative estimate of drug-likeness (QED) is 0.499. The van der Waals surface area contributed by atoms with E-state index in [1.807, 2.05) is 37.4 Å². The molecular weight excluding hydrogens is 338 g/mol. The normalized spacial score (nSPS) is 16.2. The van der Waals surface area contributed by atoms with E-state index in [0.717, 1.165) is 11.1 Å². The predicted octanol–water partition coefficient (Wildman–Crippen LogP) is 2.80. The van der Waals surface area contributed by atoms with Crippen molar-refractivity contribution in [1.82, 2.24) is 9.97 Å². The molecule has 0 fully saturated rings. The van der Waals surface area contributed by atoms with Gasteiger partial charge in [-0.15, -0.1) is 0 Å². The molecule has 1 aromatic heterocycles. The SMILES string of the molecule is COC(=O)C1=C(C)Nc2nc(SC)[nH]c(=O)c2C1c1ccc(C)cc1. The number of hydrogen-bond donors (Lipinski definition) is 2. The zero-order chi connectivity index (χ0) is 18.1. The largest absolute Gasteiger partial charge is 0.466 e. The number of carbonyl (C=O) groups is 1. The molecule has 0 radical (unpaired) electrons. The topological polar surface area (TPSA) is 84.1 Å². The highest BCUT2D eigenvalue weighted by Crippen LogP contribution is 2.39. The number of fused-ring (bicyclic) bond motifs is 1. The monoisotopic (exact) mass is 357 g/mol. The molecule has 2 aromatic rings. The third-order valence-corrected chi connectivity index (χ3v) is 4.81. The van der Waals surface area contributed by atoms with E-state index in [1.54, 1.807) is 6.92 Å². The van der Waals surface area contributed by atoms with Crippen LogP contribution in [0.2, 0.25) is 0 Å². The van der Waals surface area contributed by atoms with Gasteiger partial charge in [-0.25, -0.2) is 9.78 Å². The Kier molecular flexibility index (Phi) is 4.67. The van der Waals surface area contributed by atoms with Crippen LogP contribution in [-0.4, -0.2) is 29.3 Å². The highest BCUT2D eigenvalue weighted by molar-refractivity contribution is 7.98. The van der Waals surface area contributed by atoms with Crippen LogP contribution in [0.3, 0.4) is 0 Å². The van der Waals surface area contributed by atoms with Crippen molar-refractivity contribution >= 4 is 23.5 Å². The standard InChI is InChI=1S/C18H19N3O3S/c1-9-5-7-11(8-6-9)13-12(17(23)24-3)10(2)19-15-14(13)16(22)21-18(20-15)25-4/h5-8,13H,1-4H3,(H2,19,20,21,22). The van der Waals surface area contributed by atoms with E-state index < -0.39 is 11.9 Å². The Morgan fingerprint density at radius 2 is 1.92 bits per heavy atom. The van der Waals surface area contributed by atoms with Gasteiger partial charge in [0.25, 0.3) is 5.56 Å². The highest BCUT2D eigenvalue weighted by Gasteiger charge is 2.36. The van der Waals surface area contributed by atoms with E-state index in [0.29, 0.717) is 27.8 Å². The molecule has 2 N–H and O–H groups in total. The molecule has 1 aliphatic rings. The van der Waals surface area contributed by atoms with E-state index >= 15 is 0 Å². The molecule has 1 atom stereocenters. The first-order chi connectivity index (χ1) is 12.0. The molecule has 0 saturated heterocycles. The Morgan fingerprint density at radius 1 is 1.24 bits per heavy atom. The number of rotatable bonds is 3. The number of ether oxygens (including phenoxy) is 1. The lowest BCUT2D eigenvalue weighted by atomic mass is 9.82. The van der Waals surface area contributed by atoms with Crippen molar-refractivity contribution < 1.29 is 9.53 Å². The third kappa shape index (κ3) is 3.07. The van der Waals surface area contributed by atoms with Gasteiger partial charge in [0.1, 0.15) is 5.82 Å². The van der Waals surface area contributed by atoms with E-state index in [-0.39, 0.29) is 5.56 Å². The number of esters is 1. The van der Waals surface area contributed by atoms with Gasteiger partial charge in [0.05, 0.1) is 24.2 Å². The first kappa shape index (κ1) is 17.3. The van der Waals surface area contributed by atoms with Gasteiger partial charge < -0.3 is 15.0 Å². The van der Waals surface area contributed by atoms with Crippen molar-refractivity contribution in [3.8, 4) is 0 Å². The van der Waals surface area contributed by atoms with Gasteiger partial charge >= 0.3 is 5.97 Å². The van der Waals surface area contributed by atoms with Crippen LogP contribution in [0.25, 0.3) is 0 Å². The average Bonchev–Trinajstić information content (AvgIpc) is 2.60. The number of aromatic amines is 1. The number of aryl methyl sites for hydroxylation is 1. The van der Waals surface area contributed by atoms with Crippen molar-refractivity contribution in [1.29, 1.82) is 0 Å². The maximum atomic E-state index is 12.7. The van der Waals surface area contributed by atoms with Crippen LogP contribution >= 0.6 is 11.8 Å². The number of thioether (sulfide) groups is 1. The minimum absolute atomic E-state index is 0.263. The highest BCUT2D eigenvalue weighted by atomic mass is 32.2. The number of methoxy groups -OCH3 is 1. The Labute approximate surface area is 149 Å². The molecule has 3 rings (SSSR count). The van der Waals surface area contributed by atoms with Gasteiger partial charge in [0, 0.05) is 5.70 Å². The number of allylic oxidation sites excluding steroid dienone is 1. The summed E-state index contributed by atoms with van der Waals surface area (Å²) in [5.41, 5.74) is 3.16. The molecule has 0 saturated carbocycles. The van der Waals surface area contributed by atoms with Crippen molar-refractivity contribution in [3.05, 3.63) is 62.6 Å². The minimum Gasteiger partial charge on any atom is -0.466 e. The molecule has 0 aliphatic carbocycles. The second kappa shape index (κ2) is 6.76. The summed E-state index contributed by atoms with van der Waals surface area (Å²) in [5.74, 6) is -0.519. The third-order valence-electron chi connectivity index (χ3n) is 4.23. The van der Waals surface area contributed by atoms with Crippen LogP contribution in [0.1, 0.15) is 29.5 Å². The molecule has 25 heavy (non-hydrogen) atoms. The zero-order valence-corrected chi connectivity index (χ0v) is 15.3. The summed E-state index contributed by atoms with van der Waals surface area (Å²) >= 11 is 1.35. The number of aromatic nitrogens is 2. The Bertz CT molecular complexity index is 916. The summed E-state index contributed by atoms with van der Waals surface area (Å²) in [4.78, 5) is 32.4. The summed E-state index contributed by atoms with van der Waals surface area (Å²) in [6, 6.07) is 7.76. The summed E-state index contributed by atoms with van der Waals surface area (Å²) < 4.78 is 4.96. The molecule has 0 bridgehead atoms. The van der Waals surface area contributed by atoms with Gasteiger partial charge in [-0.1, -0.05) is 41.6 Å². The molecule has 6 nitrogen and oxygen atoms in total. The van der Waals surface area contributed by atoms with Crippen molar-refractivity contribution in [2.75, 3.05) is 18.7 Å². The summed E-state index contributed by atoms with van der Waals surface area (Å²) in [5, 5.41) is 3.61. The fraction of sp³-hybridized carbons (Fsp3) is 0.278. The number of anilines is 1. The summed E-state index contributed by atoms with van der Waals surface area (Å²) in [6.45, 7) is 3.78. The van der Waals surface area contributed by atoms with Gasteiger partial charge in [0.15, 0.2) is 5.16 Å². The van der Waals surface area contributed by atoms with Crippen LogP contribution in [0.15, 0.2) is 45.5 Å². The van der Waals surface area contributed by atoms with Gasteiger partial charge in [0.2, 0.25) is 0 Å². The molecule has 7 heteroatoms. The maximum Gasteiger partial charge on any atom is 0.336 e. The van der Waals surface area contributed by atoms with Crippen LogP contribution in [0, 0.1) is 6.92 Å². The first-order valence-electron chi connectivity index (χ1n) is 7.77. The zero-order valence-electron chi connectivity index (χ0n) is 14.5. The molecule has 0 spiro atoms. The number of benzene rings is 1. The number of nitrogens with one attached hydrogen (secondary N) is 2. The van der Waals surface area contributed by atoms with E-state index in [4.69, 9.17) is 4.74 Å². The van der Waals surface area contributed by atoms with E-state index in [2.05, 4.69) is 15.3 Å². The number of nitrogens with zero attached hydrogens (tertiary/aromatic N) is 1. The van der Waals surface area contributed by atoms with Crippen molar-refractivity contribution in [3.63, 3.8) is 0 Å². The second-order valence-corrected chi connectivity index (χ2v) is 6.63. The average molecular weight is 357 g/mol. The number of carbonyl (C=O) groups excluding carboxylic acids is 1. The van der Waals surface area contributed by atoms with Crippen molar-refractivity contribution in [2.24, 2.45) is 0 Å². The molecule has 1 aromatic carbocycles. The second-order valence-electron chi connectivity index (χ2n) is 5.84. The van der Waals surface area contributed by atoms with Crippen LogP contribution in [0.5, 0.6) is 0 Å². The molecule has 0 amide bonds. The fourth-order valence-corrected chi connectivity index (χ4v) is 3.38. The summed E-state index contributed by atoms with van der Waals surface area (Å²) in [6.07, 6.45) is 1.84. The minimum atomic E-state index is -0.531. The van der Waals surface area contributed by atoms with E-state index in [9.17, 15) is 9.59 Å². The molecule has 1 aliphatic heterocycles. The first-order valence-corrected chi connectivity index (χ1v) is 8.99. The predicted molar refractivity (Wildman–Crippen MR) is 98.0 cm³/mol. The molecular formula is C18H19N3O3S. The van der Waals surface area contributed by atoms with Gasteiger partial charge in [-0.3, -0.25) is 4.79 Å². The lowest BCUT2D eigenvalue weighted by molar-refractivity contribution is -0.136. The Balaban J connectivity index is 2.28. The van der Waals surface area contributed by atoms with Crippen LogP contribution < -0.4 is 10.9 Å². The number of hydrogen-bond acceptors (Lipinski definition) is 6. The molecule has 130 valence electrons. The van der Waals surface area contributed by atoms with Crippen molar-refractivity contribution in [2.45, 2.75) is 24.9 Å². The smallest absolute Gasteiger partial charge is 0.336 e. The van der Waals surface area contributed by atoms with Crippen LogP contribution in [-0.2, 0) is 9.53 Å². The van der Waals surface area contributed by atoms with E-state index in [1.165, 1.54) is 18.9 Å². The van der Waals surface area contributed by atoms with Gasteiger partial charge in [-0.05, 0) is 25.7 Å². The molecule has 1 unspecified atom stereocenters. The Morgan fingerprint density at radius 3 is 2.52 bits per heavy atom. The van der Waals surface area contributed by atoms with Gasteiger partial charge in [-0.2, -0.15) is 0 Å². The maximum absolute atomic E-state index is 12.7. The summed E-state index contributed by atoms with van der Waals surface area (Å²) in [7, 11) is 1.34. The fourth-order valence-electron chi connectivity index (χ4n) is 3.00.